The van der Waals surface area contributed by atoms with Gasteiger partial charge in [-0.2, -0.15) is 13.2 Å². The zero-order chi connectivity index (χ0) is 18.6. The molecule has 6 nitrogen and oxygen atoms in total. The van der Waals surface area contributed by atoms with E-state index < -0.39 is 11.7 Å². The summed E-state index contributed by atoms with van der Waals surface area (Å²) >= 11 is 0. The number of hydrogen-bond donors (Lipinski definition) is 0. The molecule has 0 fully saturated rings. The van der Waals surface area contributed by atoms with E-state index in [1.165, 1.54) is 12.1 Å². The van der Waals surface area contributed by atoms with Crippen molar-refractivity contribution >= 4 is 0 Å². The van der Waals surface area contributed by atoms with Crippen LogP contribution in [0.1, 0.15) is 17.0 Å². The maximum absolute atomic E-state index is 12.6. The first kappa shape index (κ1) is 17.5. The maximum atomic E-state index is 12.6. The Labute approximate surface area is 146 Å². The molecule has 0 atom stereocenters. The van der Waals surface area contributed by atoms with E-state index in [0.29, 0.717) is 17.9 Å². The second kappa shape index (κ2) is 7.28. The molecule has 132 valence electrons. The van der Waals surface area contributed by atoms with E-state index in [0.717, 1.165) is 23.3 Å². The van der Waals surface area contributed by atoms with Gasteiger partial charge in [0.25, 0.3) is 0 Å². The van der Waals surface area contributed by atoms with Crippen LogP contribution in [0.3, 0.4) is 0 Å². The van der Waals surface area contributed by atoms with Gasteiger partial charge in [0, 0.05) is 4.91 Å². The summed E-state index contributed by atoms with van der Waals surface area (Å²) in [5, 5.41) is 11.2. The van der Waals surface area contributed by atoms with E-state index in [1.54, 1.807) is 10.9 Å². The van der Waals surface area contributed by atoms with Crippen LogP contribution in [0.2, 0.25) is 0 Å². The van der Waals surface area contributed by atoms with Gasteiger partial charge in [0.1, 0.15) is 12.2 Å². The van der Waals surface area contributed by atoms with Gasteiger partial charge in [-0.1, -0.05) is 41.5 Å². The first-order chi connectivity index (χ1) is 12.5. The highest BCUT2D eigenvalue weighted by Crippen LogP contribution is 2.31. The Morgan fingerprint density at radius 2 is 1.62 bits per heavy atom. The molecular weight excluding hydrogens is 345 g/mol. The lowest BCUT2D eigenvalue weighted by Crippen LogP contribution is -2.04. The number of alkyl halides is 3. The van der Waals surface area contributed by atoms with Crippen molar-refractivity contribution in [2.45, 2.75) is 19.3 Å². The molecule has 9 heteroatoms. The highest BCUT2D eigenvalue weighted by Gasteiger charge is 2.29. The predicted octanol–water partition coefficient (Wildman–Crippen LogP) is 4.82. The molecule has 2 aromatic carbocycles. The number of nitrogens with zero attached hydrogens (tertiary/aromatic N) is 6. The Balaban J connectivity index is 1.75. The molecule has 0 unspecified atom stereocenters. The van der Waals surface area contributed by atoms with Crippen molar-refractivity contribution in [1.82, 2.24) is 14.8 Å². The lowest BCUT2D eigenvalue weighted by Gasteiger charge is -2.09. The van der Waals surface area contributed by atoms with Crippen molar-refractivity contribution in [1.29, 1.82) is 0 Å². The largest absolute Gasteiger partial charge is 0.416 e. The summed E-state index contributed by atoms with van der Waals surface area (Å²) in [5.74, 6) is 0.551. The van der Waals surface area contributed by atoms with Gasteiger partial charge < -0.3 is 4.57 Å². The third kappa shape index (κ3) is 4.01. The van der Waals surface area contributed by atoms with Gasteiger partial charge in [-0.3, -0.25) is 0 Å². The maximum Gasteiger partial charge on any atom is 0.416 e. The van der Waals surface area contributed by atoms with Crippen molar-refractivity contribution in [2.24, 2.45) is 5.11 Å². The van der Waals surface area contributed by atoms with Crippen molar-refractivity contribution in [3.05, 3.63) is 82.3 Å². The number of rotatable bonds is 5. The van der Waals surface area contributed by atoms with E-state index in [-0.39, 0.29) is 6.54 Å². The summed E-state index contributed by atoms with van der Waals surface area (Å²) in [6.45, 7) is 0.608. The number of benzene rings is 2. The SMILES string of the molecule is [N-]=[N+]=NCc1nncn1Cc1ccc(-c2ccc(C(F)(F)F)cc2)cc1. The molecule has 0 spiro atoms. The number of azide groups is 1. The third-order valence-corrected chi connectivity index (χ3v) is 3.82. The molecule has 0 saturated carbocycles. The topological polar surface area (TPSA) is 79.5 Å². The molecule has 0 radical (unpaired) electrons. The average Bonchev–Trinajstić information content (AvgIpc) is 3.07. The Bertz CT molecular complexity index is 922. The minimum Gasteiger partial charge on any atom is -0.313 e. The summed E-state index contributed by atoms with van der Waals surface area (Å²) in [5.41, 5.74) is 10.2. The smallest absolute Gasteiger partial charge is 0.313 e. The lowest BCUT2D eigenvalue weighted by molar-refractivity contribution is -0.137. The lowest BCUT2D eigenvalue weighted by atomic mass is 10.0. The Morgan fingerprint density at radius 3 is 2.19 bits per heavy atom. The number of hydrogen-bond acceptors (Lipinski definition) is 3. The summed E-state index contributed by atoms with van der Waals surface area (Å²) in [6.07, 6.45) is -2.79. The standard InChI is InChI=1S/C17H13F3N6/c18-17(19,20)15-7-5-14(6-8-15)13-3-1-12(2-4-13)10-26-11-23-24-16(26)9-22-25-21/h1-8,11H,9-10H2. The number of aromatic nitrogens is 3. The summed E-state index contributed by atoms with van der Waals surface area (Å²) in [4.78, 5) is 2.70. The predicted molar refractivity (Wildman–Crippen MR) is 88.9 cm³/mol. The normalized spacial score (nSPS) is 11.2. The molecule has 3 aromatic rings. The van der Waals surface area contributed by atoms with E-state index in [1.807, 2.05) is 24.3 Å². The van der Waals surface area contributed by atoms with Crippen LogP contribution < -0.4 is 0 Å². The second-order valence-electron chi connectivity index (χ2n) is 5.54. The molecule has 0 saturated heterocycles. The van der Waals surface area contributed by atoms with Crippen molar-refractivity contribution in [3.63, 3.8) is 0 Å². The van der Waals surface area contributed by atoms with Crippen molar-refractivity contribution in [2.75, 3.05) is 0 Å². The van der Waals surface area contributed by atoms with Gasteiger partial charge in [0.15, 0.2) is 0 Å². The first-order valence-corrected chi connectivity index (χ1v) is 7.61. The summed E-state index contributed by atoms with van der Waals surface area (Å²) in [7, 11) is 0. The Hall–Kier alpha value is -3.32. The van der Waals surface area contributed by atoms with Gasteiger partial charge in [0.05, 0.1) is 18.7 Å². The van der Waals surface area contributed by atoms with Gasteiger partial charge in [0.2, 0.25) is 0 Å². The quantitative estimate of drug-likeness (QED) is 0.372. The summed E-state index contributed by atoms with van der Waals surface area (Å²) in [6, 6.07) is 12.5. The zero-order valence-electron chi connectivity index (χ0n) is 13.4. The highest BCUT2D eigenvalue weighted by molar-refractivity contribution is 5.64. The van der Waals surface area contributed by atoms with E-state index in [4.69, 9.17) is 5.53 Å². The van der Waals surface area contributed by atoms with Gasteiger partial charge in [-0.05, 0) is 34.4 Å². The van der Waals surface area contributed by atoms with Crippen LogP contribution in [0, 0.1) is 0 Å². The zero-order valence-corrected chi connectivity index (χ0v) is 13.4. The second-order valence-corrected chi connectivity index (χ2v) is 5.54. The van der Waals surface area contributed by atoms with Crippen LogP contribution in [0.15, 0.2) is 60.0 Å². The Morgan fingerprint density at radius 1 is 1.00 bits per heavy atom. The molecule has 0 bridgehead atoms. The van der Waals surface area contributed by atoms with Crippen LogP contribution in [0.5, 0.6) is 0 Å². The molecule has 0 aliphatic rings. The number of halogens is 3. The molecule has 1 aromatic heterocycles. The minimum absolute atomic E-state index is 0.111. The van der Waals surface area contributed by atoms with E-state index in [2.05, 4.69) is 20.2 Å². The van der Waals surface area contributed by atoms with Crippen LogP contribution in [0.4, 0.5) is 13.2 Å². The van der Waals surface area contributed by atoms with Crippen LogP contribution in [-0.4, -0.2) is 14.8 Å². The van der Waals surface area contributed by atoms with Gasteiger partial charge in [-0.25, -0.2) is 0 Å². The van der Waals surface area contributed by atoms with Crippen LogP contribution in [0.25, 0.3) is 21.6 Å². The molecule has 1 heterocycles. The monoisotopic (exact) mass is 358 g/mol. The first-order valence-electron chi connectivity index (χ1n) is 7.61. The molecule has 0 amide bonds. The molecule has 0 N–H and O–H groups in total. The van der Waals surface area contributed by atoms with Crippen molar-refractivity contribution in [3.8, 4) is 11.1 Å². The molecular formula is C17H13F3N6. The fourth-order valence-corrected chi connectivity index (χ4v) is 2.48. The van der Waals surface area contributed by atoms with Crippen molar-refractivity contribution < 1.29 is 13.2 Å². The summed E-state index contributed by atoms with van der Waals surface area (Å²) < 4.78 is 39.6. The fraction of sp³-hybridized carbons (Fsp3) is 0.176. The molecule has 26 heavy (non-hydrogen) atoms. The fourth-order valence-electron chi connectivity index (χ4n) is 2.48. The highest BCUT2D eigenvalue weighted by atomic mass is 19.4. The van der Waals surface area contributed by atoms with Crippen LogP contribution in [-0.2, 0) is 19.3 Å². The molecule has 0 aliphatic heterocycles. The van der Waals surface area contributed by atoms with Crippen LogP contribution >= 0.6 is 0 Å². The minimum atomic E-state index is -4.34. The van der Waals surface area contributed by atoms with Gasteiger partial charge >= 0.3 is 6.18 Å². The molecule has 0 aliphatic carbocycles. The van der Waals surface area contributed by atoms with E-state index >= 15 is 0 Å². The third-order valence-electron chi connectivity index (χ3n) is 3.82. The average molecular weight is 358 g/mol. The van der Waals surface area contributed by atoms with Gasteiger partial charge in [-0.15, -0.1) is 10.2 Å². The van der Waals surface area contributed by atoms with E-state index in [9.17, 15) is 13.2 Å². The molecule has 3 rings (SSSR count). The Kier molecular flexibility index (Phi) is 4.90.